The molecule has 1 aliphatic carbocycles. The zero-order chi connectivity index (χ0) is 13.8. The molecule has 1 aliphatic heterocycles. The molecule has 19 heavy (non-hydrogen) atoms. The summed E-state index contributed by atoms with van der Waals surface area (Å²) in [5, 5.41) is 4.41. The molecule has 1 N–H and O–H groups in total. The molecule has 0 aromatic rings. The Hall–Kier alpha value is 0.270. The first-order valence-corrected chi connectivity index (χ1v) is 9.16. The van der Waals surface area contributed by atoms with Crippen molar-refractivity contribution in [3.8, 4) is 0 Å². The highest BCUT2D eigenvalue weighted by molar-refractivity contribution is 7.99. The van der Waals surface area contributed by atoms with Gasteiger partial charge in [0.05, 0.1) is 0 Å². The lowest BCUT2D eigenvalue weighted by Crippen LogP contribution is -2.47. The van der Waals surface area contributed by atoms with Crippen molar-refractivity contribution in [3.05, 3.63) is 0 Å². The van der Waals surface area contributed by atoms with Crippen LogP contribution < -0.4 is 5.32 Å². The summed E-state index contributed by atoms with van der Waals surface area (Å²) in [4.78, 5) is 2.72. The number of thioether (sulfide) groups is 1. The first-order valence-electron chi connectivity index (χ1n) is 8.11. The van der Waals surface area contributed by atoms with Crippen molar-refractivity contribution in [2.45, 2.75) is 51.3 Å². The number of rotatable bonds is 4. The fourth-order valence-electron chi connectivity index (χ4n) is 3.88. The van der Waals surface area contributed by atoms with Crippen LogP contribution in [0.2, 0.25) is 0 Å². The van der Waals surface area contributed by atoms with Crippen LogP contribution in [-0.2, 0) is 0 Å². The molecular formula is C16H32N2S. The number of nitrogens with one attached hydrogen (secondary N) is 1. The van der Waals surface area contributed by atoms with Gasteiger partial charge in [-0.2, -0.15) is 11.8 Å². The molecule has 4 atom stereocenters. The quantitative estimate of drug-likeness (QED) is 0.854. The maximum Gasteiger partial charge on any atom is 0.0147 e. The summed E-state index contributed by atoms with van der Waals surface area (Å²) in [5.41, 5.74) is 0. The standard InChI is InChI=1S/C16H32N2S/c1-12(2)14-5-6-16(17-4)15(9-14)11-18-7-8-19-13(3)10-18/h12-17H,5-11H2,1-4H3. The molecule has 1 saturated carbocycles. The second-order valence-corrected chi connectivity index (χ2v) is 8.46. The van der Waals surface area contributed by atoms with Crippen LogP contribution in [0.4, 0.5) is 0 Å². The maximum absolute atomic E-state index is 3.58. The molecule has 0 spiro atoms. The minimum absolute atomic E-state index is 0.750. The molecule has 0 aromatic heterocycles. The molecule has 2 aliphatic rings. The molecule has 3 heteroatoms. The summed E-state index contributed by atoms with van der Waals surface area (Å²) in [5.74, 6) is 4.00. The third kappa shape index (κ3) is 4.37. The molecule has 2 rings (SSSR count). The number of nitrogens with zero attached hydrogens (tertiary/aromatic N) is 1. The van der Waals surface area contributed by atoms with E-state index in [0.717, 1.165) is 29.0 Å². The summed E-state index contributed by atoms with van der Waals surface area (Å²) in [7, 11) is 2.15. The van der Waals surface area contributed by atoms with Crippen LogP contribution >= 0.6 is 11.8 Å². The van der Waals surface area contributed by atoms with E-state index in [2.05, 4.69) is 49.8 Å². The summed E-state index contributed by atoms with van der Waals surface area (Å²) in [6, 6.07) is 0.750. The smallest absolute Gasteiger partial charge is 0.0147 e. The minimum Gasteiger partial charge on any atom is -0.317 e. The van der Waals surface area contributed by atoms with Crippen LogP contribution in [-0.4, -0.2) is 48.6 Å². The van der Waals surface area contributed by atoms with E-state index in [9.17, 15) is 0 Å². The van der Waals surface area contributed by atoms with Gasteiger partial charge in [-0.25, -0.2) is 0 Å². The van der Waals surface area contributed by atoms with E-state index in [1.807, 2.05) is 0 Å². The van der Waals surface area contributed by atoms with Crippen LogP contribution in [0.5, 0.6) is 0 Å². The van der Waals surface area contributed by atoms with Crippen molar-refractivity contribution >= 4 is 11.8 Å². The predicted molar refractivity (Wildman–Crippen MR) is 86.9 cm³/mol. The SMILES string of the molecule is CNC1CCC(C(C)C)CC1CN1CCSC(C)C1. The van der Waals surface area contributed by atoms with Crippen LogP contribution in [0, 0.1) is 17.8 Å². The van der Waals surface area contributed by atoms with E-state index < -0.39 is 0 Å². The second kappa shape index (κ2) is 7.33. The third-order valence-electron chi connectivity index (χ3n) is 5.15. The monoisotopic (exact) mass is 284 g/mol. The predicted octanol–water partition coefficient (Wildman–Crippen LogP) is 3.08. The van der Waals surface area contributed by atoms with Crippen LogP contribution in [0.1, 0.15) is 40.0 Å². The second-order valence-electron chi connectivity index (χ2n) is 6.91. The van der Waals surface area contributed by atoms with E-state index in [-0.39, 0.29) is 0 Å². The Morgan fingerprint density at radius 2 is 2.11 bits per heavy atom. The highest BCUT2D eigenvalue weighted by atomic mass is 32.2. The molecule has 0 aromatic carbocycles. The molecule has 0 amide bonds. The number of hydrogen-bond donors (Lipinski definition) is 1. The molecule has 4 unspecified atom stereocenters. The zero-order valence-corrected chi connectivity index (χ0v) is 14.0. The van der Waals surface area contributed by atoms with Gasteiger partial charge in [0.1, 0.15) is 0 Å². The van der Waals surface area contributed by atoms with Gasteiger partial charge in [-0.3, -0.25) is 0 Å². The fourth-order valence-corrected chi connectivity index (χ4v) is 4.96. The first-order chi connectivity index (χ1) is 9.10. The van der Waals surface area contributed by atoms with Crippen molar-refractivity contribution < 1.29 is 0 Å². The summed E-state index contributed by atoms with van der Waals surface area (Å²) < 4.78 is 0. The van der Waals surface area contributed by atoms with Crippen molar-refractivity contribution in [1.82, 2.24) is 10.2 Å². The minimum atomic E-state index is 0.750. The van der Waals surface area contributed by atoms with Gasteiger partial charge in [-0.05, 0) is 44.1 Å². The maximum atomic E-state index is 3.58. The van der Waals surface area contributed by atoms with Crippen molar-refractivity contribution in [2.75, 3.05) is 32.4 Å². The Morgan fingerprint density at radius 1 is 1.32 bits per heavy atom. The summed E-state index contributed by atoms with van der Waals surface area (Å²) in [6.07, 6.45) is 4.23. The van der Waals surface area contributed by atoms with Crippen LogP contribution in [0.15, 0.2) is 0 Å². The Labute approximate surface area is 124 Å². The first kappa shape index (κ1) is 15.7. The lowest BCUT2D eigenvalue weighted by Gasteiger charge is -2.41. The molecule has 112 valence electrons. The van der Waals surface area contributed by atoms with E-state index in [0.29, 0.717) is 0 Å². The lowest BCUT2D eigenvalue weighted by molar-refractivity contribution is 0.127. The van der Waals surface area contributed by atoms with E-state index in [1.165, 1.54) is 44.6 Å². The van der Waals surface area contributed by atoms with Crippen molar-refractivity contribution in [3.63, 3.8) is 0 Å². The van der Waals surface area contributed by atoms with Gasteiger partial charge in [-0.1, -0.05) is 20.8 Å². The average molecular weight is 285 g/mol. The Morgan fingerprint density at radius 3 is 2.74 bits per heavy atom. The van der Waals surface area contributed by atoms with Crippen LogP contribution in [0.3, 0.4) is 0 Å². The van der Waals surface area contributed by atoms with Gasteiger partial charge >= 0.3 is 0 Å². The fraction of sp³-hybridized carbons (Fsp3) is 1.00. The average Bonchev–Trinajstić information content (AvgIpc) is 2.38. The molecule has 0 radical (unpaired) electrons. The van der Waals surface area contributed by atoms with Gasteiger partial charge in [0.25, 0.3) is 0 Å². The molecule has 2 nitrogen and oxygen atoms in total. The third-order valence-corrected chi connectivity index (χ3v) is 6.29. The van der Waals surface area contributed by atoms with Crippen LogP contribution in [0.25, 0.3) is 0 Å². The van der Waals surface area contributed by atoms with Crippen molar-refractivity contribution in [2.24, 2.45) is 17.8 Å². The molecule has 1 saturated heterocycles. The molecule has 0 bridgehead atoms. The lowest BCUT2D eigenvalue weighted by atomic mass is 9.73. The summed E-state index contributed by atoms with van der Waals surface area (Å²) >= 11 is 2.14. The Kier molecular flexibility index (Phi) is 6.04. The highest BCUT2D eigenvalue weighted by Crippen LogP contribution is 2.34. The number of hydrogen-bond acceptors (Lipinski definition) is 3. The van der Waals surface area contributed by atoms with Gasteiger partial charge in [0, 0.05) is 36.7 Å². The molecule has 1 heterocycles. The topological polar surface area (TPSA) is 15.3 Å². The van der Waals surface area contributed by atoms with Gasteiger partial charge in [-0.15, -0.1) is 0 Å². The summed E-state index contributed by atoms with van der Waals surface area (Å²) in [6.45, 7) is 11.1. The van der Waals surface area contributed by atoms with E-state index >= 15 is 0 Å². The highest BCUT2D eigenvalue weighted by Gasteiger charge is 2.32. The normalized spacial score (nSPS) is 37.7. The largest absolute Gasteiger partial charge is 0.317 e. The Bertz CT molecular complexity index is 269. The van der Waals surface area contributed by atoms with E-state index in [4.69, 9.17) is 0 Å². The van der Waals surface area contributed by atoms with Gasteiger partial charge in [0.15, 0.2) is 0 Å². The molecular weight excluding hydrogens is 252 g/mol. The van der Waals surface area contributed by atoms with Gasteiger partial charge < -0.3 is 10.2 Å². The van der Waals surface area contributed by atoms with Gasteiger partial charge in [0.2, 0.25) is 0 Å². The zero-order valence-electron chi connectivity index (χ0n) is 13.2. The Balaban J connectivity index is 1.90. The van der Waals surface area contributed by atoms with Crippen molar-refractivity contribution in [1.29, 1.82) is 0 Å². The van der Waals surface area contributed by atoms with E-state index in [1.54, 1.807) is 0 Å². The molecule has 2 fully saturated rings.